The Bertz CT molecular complexity index is 599. The molecule has 0 aliphatic rings. The van der Waals surface area contributed by atoms with Gasteiger partial charge in [0.2, 0.25) is 0 Å². The van der Waals surface area contributed by atoms with Gasteiger partial charge in [0.25, 0.3) is 5.69 Å². The molecule has 2 aromatic carbocycles. The summed E-state index contributed by atoms with van der Waals surface area (Å²) in [6.45, 7) is 0.234. The van der Waals surface area contributed by atoms with Gasteiger partial charge in [0, 0.05) is 18.3 Å². The minimum absolute atomic E-state index is 0.0627. The molecule has 2 aromatic rings. The van der Waals surface area contributed by atoms with Crippen molar-refractivity contribution in [3.63, 3.8) is 0 Å². The summed E-state index contributed by atoms with van der Waals surface area (Å²) in [5.74, 6) is -0.362. The van der Waals surface area contributed by atoms with Crippen molar-refractivity contribution in [3.8, 4) is 0 Å². The zero-order valence-corrected chi connectivity index (χ0v) is 9.97. The van der Waals surface area contributed by atoms with Crippen LogP contribution in [0.2, 0.25) is 0 Å². The van der Waals surface area contributed by atoms with E-state index in [1.165, 1.54) is 30.3 Å². The maximum absolute atomic E-state index is 12.8. The first-order valence-corrected chi connectivity index (χ1v) is 5.60. The molecule has 5 nitrogen and oxygen atoms in total. The first kappa shape index (κ1) is 13.0. The summed E-state index contributed by atoms with van der Waals surface area (Å²) in [4.78, 5) is 10.5. The fraction of sp³-hybridized carbons (Fsp3) is 0.0769. The predicted molar refractivity (Wildman–Crippen MR) is 70.7 cm³/mol. The van der Waals surface area contributed by atoms with Gasteiger partial charge in [0.05, 0.1) is 4.92 Å². The Morgan fingerprint density at radius 2 is 1.89 bits per heavy atom. The molecule has 0 saturated carbocycles. The van der Waals surface area contributed by atoms with E-state index in [0.29, 0.717) is 16.9 Å². The summed E-state index contributed by atoms with van der Waals surface area (Å²) in [5.41, 5.74) is 6.98. The monoisotopic (exact) mass is 261 g/mol. The second-order valence-electron chi connectivity index (χ2n) is 3.94. The van der Waals surface area contributed by atoms with E-state index in [-0.39, 0.29) is 18.0 Å². The molecule has 0 atom stereocenters. The van der Waals surface area contributed by atoms with Crippen molar-refractivity contribution in [1.82, 2.24) is 0 Å². The number of hydrogen-bond acceptors (Lipinski definition) is 4. The summed E-state index contributed by atoms with van der Waals surface area (Å²) in [6.07, 6.45) is 0. The highest BCUT2D eigenvalue weighted by Crippen LogP contribution is 2.28. The highest BCUT2D eigenvalue weighted by molar-refractivity contribution is 5.70. The summed E-state index contributed by atoms with van der Waals surface area (Å²) >= 11 is 0. The topological polar surface area (TPSA) is 81.2 Å². The lowest BCUT2D eigenvalue weighted by Gasteiger charge is -2.08. The summed E-state index contributed by atoms with van der Waals surface area (Å²) in [5, 5.41) is 13.9. The fourth-order valence-electron chi connectivity index (χ4n) is 1.65. The summed E-state index contributed by atoms with van der Waals surface area (Å²) < 4.78 is 12.8. The highest BCUT2D eigenvalue weighted by Gasteiger charge is 2.14. The van der Waals surface area contributed by atoms with Crippen LogP contribution in [0, 0.1) is 15.9 Å². The van der Waals surface area contributed by atoms with E-state index in [1.807, 2.05) is 0 Å². The Morgan fingerprint density at radius 3 is 2.47 bits per heavy atom. The fourth-order valence-corrected chi connectivity index (χ4v) is 1.65. The Kier molecular flexibility index (Phi) is 3.72. The number of nitrogens with one attached hydrogen (secondary N) is 1. The van der Waals surface area contributed by atoms with Crippen LogP contribution in [0.15, 0.2) is 42.5 Å². The Hall–Kier alpha value is -2.47. The van der Waals surface area contributed by atoms with Crippen molar-refractivity contribution >= 4 is 17.1 Å². The van der Waals surface area contributed by atoms with Gasteiger partial charge >= 0.3 is 0 Å². The van der Waals surface area contributed by atoms with Crippen LogP contribution in [0.1, 0.15) is 5.56 Å². The van der Waals surface area contributed by atoms with E-state index < -0.39 is 4.92 Å². The molecular formula is C13H12FN3O2. The third kappa shape index (κ3) is 3.05. The number of halogens is 1. The average Bonchev–Trinajstić information content (AvgIpc) is 2.41. The first-order chi connectivity index (χ1) is 9.10. The van der Waals surface area contributed by atoms with Crippen LogP contribution in [0.4, 0.5) is 21.5 Å². The van der Waals surface area contributed by atoms with Crippen LogP contribution < -0.4 is 11.1 Å². The molecule has 0 aliphatic carbocycles. The minimum Gasteiger partial charge on any atom is -0.350 e. The standard InChI is InChI=1S/C13H12FN3O2/c14-10-2-4-11(5-3-10)16-12-6-1-9(8-15)7-13(12)17(18)19/h1-7,16H,8,15H2. The molecule has 0 aliphatic heterocycles. The van der Waals surface area contributed by atoms with Crippen molar-refractivity contribution in [2.45, 2.75) is 6.54 Å². The van der Waals surface area contributed by atoms with Gasteiger partial charge in [-0.05, 0) is 35.9 Å². The van der Waals surface area contributed by atoms with Crippen molar-refractivity contribution in [3.05, 3.63) is 64.0 Å². The van der Waals surface area contributed by atoms with E-state index in [1.54, 1.807) is 12.1 Å². The van der Waals surface area contributed by atoms with E-state index in [4.69, 9.17) is 5.73 Å². The lowest BCUT2D eigenvalue weighted by Crippen LogP contribution is -2.01. The number of anilines is 2. The molecule has 19 heavy (non-hydrogen) atoms. The number of benzene rings is 2. The van der Waals surface area contributed by atoms with Gasteiger partial charge in [-0.2, -0.15) is 0 Å². The minimum atomic E-state index is -0.481. The largest absolute Gasteiger partial charge is 0.350 e. The molecule has 0 aromatic heterocycles. The molecular weight excluding hydrogens is 249 g/mol. The van der Waals surface area contributed by atoms with Crippen molar-refractivity contribution < 1.29 is 9.31 Å². The average molecular weight is 261 g/mol. The highest BCUT2D eigenvalue weighted by atomic mass is 19.1. The number of nitro groups is 1. The van der Waals surface area contributed by atoms with Gasteiger partial charge in [-0.1, -0.05) is 6.07 Å². The van der Waals surface area contributed by atoms with Crippen molar-refractivity contribution in [2.75, 3.05) is 5.32 Å². The third-order valence-electron chi connectivity index (χ3n) is 2.62. The van der Waals surface area contributed by atoms with E-state index in [2.05, 4.69) is 5.32 Å². The smallest absolute Gasteiger partial charge is 0.292 e. The zero-order valence-electron chi connectivity index (χ0n) is 9.97. The van der Waals surface area contributed by atoms with Gasteiger partial charge in [0.1, 0.15) is 11.5 Å². The summed E-state index contributed by atoms with van der Waals surface area (Å²) in [6, 6.07) is 10.3. The van der Waals surface area contributed by atoms with Gasteiger partial charge in [-0.3, -0.25) is 10.1 Å². The normalized spacial score (nSPS) is 10.2. The van der Waals surface area contributed by atoms with Crippen LogP contribution >= 0.6 is 0 Å². The van der Waals surface area contributed by atoms with E-state index >= 15 is 0 Å². The quantitative estimate of drug-likeness (QED) is 0.655. The van der Waals surface area contributed by atoms with Crippen LogP contribution in [0.5, 0.6) is 0 Å². The number of nitrogens with zero attached hydrogens (tertiary/aromatic N) is 1. The van der Waals surface area contributed by atoms with Crippen molar-refractivity contribution in [1.29, 1.82) is 0 Å². The number of rotatable bonds is 4. The Morgan fingerprint density at radius 1 is 1.21 bits per heavy atom. The molecule has 0 fully saturated rings. The molecule has 0 unspecified atom stereocenters. The molecule has 2 rings (SSSR count). The third-order valence-corrected chi connectivity index (χ3v) is 2.62. The number of nitro benzene ring substituents is 1. The lowest BCUT2D eigenvalue weighted by atomic mass is 10.1. The number of nitrogens with two attached hydrogens (primary N) is 1. The van der Waals surface area contributed by atoms with Gasteiger partial charge < -0.3 is 11.1 Å². The van der Waals surface area contributed by atoms with E-state index in [0.717, 1.165) is 0 Å². The van der Waals surface area contributed by atoms with Crippen LogP contribution in [-0.2, 0) is 6.54 Å². The molecule has 0 heterocycles. The van der Waals surface area contributed by atoms with Gasteiger partial charge in [0.15, 0.2) is 0 Å². The molecule has 98 valence electrons. The molecule has 0 amide bonds. The van der Waals surface area contributed by atoms with Crippen LogP contribution in [0.3, 0.4) is 0 Å². The molecule has 0 radical (unpaired) electrons. The Labute approximate surface area is 109 Å². The van der Waals surface area contributed by atoms with Gasteiger partial charge in [-0.25, -0.2) is 4.39 Å². The molecule has 0 spiro atoms. The molecule has 0 saturated heterocycles. The Balaban J connectivity index is 2.33. The van der Waals surface area contributed by atoms with Crippen LogP contribution in [0.25, 0.3) is 0 Å². The number of hydrogen-bond donors (Lipinski definition) is 2. The molecule has 6 heteroatoms. The molecule has 3 N–H and O–H groups in total. The molecule has 0 bridgehead atoms. The maximum atomic E-state index is 12.8. The second kappa shape index (κ2) is 5.45. The second-order valence-corrected chi connectivity index (χ2v) is 3.94. The first-order valence-electron chi connectivity index (χ1n) is 5.60. The SMILES string of the molecule is NCc1ccc(Nc2ccc(F)cc2)c([N+](=O)[O-])c1. The van der Waals surface area contributed by atoms with Crippen LogP contribution in [-0.4, -0.2) is 4.92 Å². The lowest BCUT2D eigenvalue weighted by molar-refractivity contribution is -0.384. The maximum Gasteiger partial charge on any atom is 0.292 e. The zero-order chi connectivity index (χ0) is 13.8. The predicted octanol–water partition coefficient (Wildman–Crippen LogP) is 2.94. The van der Waals surface area contributed by atoms with Crippen molar-refractivity contribution in [2.24, 2.45) is 5.73 Å². The van der Waals surface area contributed by atoms with Gasteiger partial charge in [-0.15, -0.1) is 0 Å². The van der Waals surface area contributed by atoms with E-state index in [9.17, 15) is 14.5 Å². The summed E-state index contributed by atoms with van der Waals surface area (Å²) in [7, 11) is 0.